The highest BCUT2D eigenvalue weighted by Gasteiger charge is 2.10. The first kappa shape index (κ1) is 8.97. The first-order valence-corrected chi connectivity index (χ1v) is 3.71. The molecule has 1 nitrogen and oxygen atoms in total. The zero-order valence-electron chi connectivity index (χ0n) is 7.07. The molecule has 12 heavy (non-hydrogen) atoms. The zero-order valence-corrected chi connectivity index (χ0v) is 7.07. The molecule has 0 radical (unpaired) electrons. The molecule has 0 atom stereocenters. The smallest absolute Gasteiger partial charge is 0.264 e. The van der Waals surface area contributed by atoms with Crippen LogP contribution in [-0.4, -0.2) is 7.05 Å². The van der Waals surface area contributed by atoms with E-state index in [0.29, 0.717) is 5.56 Å². The summed E-state index contributed by atoms with van der Waals surface area (Å²) in [5.41, 5.74) is 1.45. The van der Waals surface area contributed by atoms with E-state index in [4.69, 9.17) is 0 Å². The van der Waals surface area contributed by atoms with Crippen LogP contribution >= 0.6 is 0 Å². The van der Waals surface area contributed by atoms with Crippen LogP contribution in [0.3, 0.4) is 0 Å². The van der Waals surface area contributed by atoms with Gasteiger partial charge in [0, 0.05) is 18.3 Å². The van der Waals surface area contributed by atoms with Gasteiger partial charge in [0.1, 0.15) is 0 Å². The third-order valence-corrected chi connectivity index (χ3v) is 1.80. The van der Waals surface area contributed by atoms with E-state index >= 15 is 0 Å². The number of benzene rings is 1. The number of alkyl halides is 2. The van der Waals surface area contributed by atoms with Crippen molar-refractivity contribution in [2.45, 2.75) is 13.3 Å². The van der Waals surface area contributed by atoms with Gasteiger partial charge in [-0.15, -0.1) is 0 Å². The first-order valence-electron chi connectivity index (χ1n) is 3.71. The standard InChI is InChI=1S/C9H11F2N/c1-6-3-4-7(12-2)5-8(6)9(10)11/h3-5,9,12H,1-2H3. The summed E-state index contributed by atoms with van der Waals surface area (Å²) in [4.78, 5) is 0. The Kier molecular flexibility index (Phi) is 2.63. The Bertz CT molecular complexity index is 271. The van der Waals surface area contributed by atoms with Gasteiger partial charge < -0.3 is 5.32 Å². The van der Waals surface area contributed by atoms with Crippen LogP contribution in [0, 0.1) is 6.92 Å². The summed E-state index contributed by atoms with van der Waals surface area (Å²) in [6, 6.07) is 4.94. The predicted octanol–water partition coefficient (Wildman–Crippen LogP) is 2.97. The predicted molar refractivity (Wildman–Crippen MR) is 45.7 cm³/mol. The maximum absolute atomic E-state index is 12.3. The zero-order chi connectivity index (χ0) is 9.14. The van der Waals surface area contributed by atoms with E-state index in [-0.39, 0.29) is 5.56 Å². The van der Waals surface area contributed by atoms with Gasteiger partial charge in [-0.3, -0.25) is 0 Å². The number of anilines is 1. The van der Waals surface area contributed by atoms with Crippen LogP contribution in [0.5, 0.6) is 0 Å². The third-order valence-electron chi connectivity index (χ3n) is 1.80. The molecule has 1 aromatic rings. The molecule has 0 aliphatic heterocycles. The van der Waals surface area contributed by atoms with Gasteiger partial charge in [-0.05, 0) is 24.6 Å². The van der Waals surface area contributed by atoms with Crippen molar-refractivity contribution in [2.24, 2.45) is 0 Å². The molecule has 0 aliphatic rings. The van der Waals surface area contributed by atoms with Crippen LogP contribution in [0.15, 0.2) is 18.2 Å². The van der Waals surface area contributed by atoms with Gasteiger partial charge in [0.25, 0.3) is 6.43 Å². The van der Waals surface area contributed by atoms with Crippen molar-refractivity contribution in [1.29, 1.82) is 0 Å². The summed E-state index contributed by atoms with van der Waals surface area (Å²) >= 11 is 0. The topological polar surface area (TPSA) is 12.0 Å². The van der Waals surface area contributed by atoms with Gasteiger partial charge in [-0.1, -0.05) is 6.07 Å². The minimum absolute atomic E-state index is 0.0989. The summed E-state index contributed by atoms with van der Waals surface area (Å²) in [5, 5.41) is 2.82. The minimum atomic E-state index is -2.39. The van der Waals surface area contributed by atoms with Crippen molar-refractivity contribution < 1.29 is 8.78 Å². The molecule has 0 bridgehead atoms. The normalized spacial score (nSPS) is 10.4. The molecule has 3 heteroatoms. The second-order valence-electron chi connectivity index (χ2n) is 2.62. The van der Waals surface area contributed by atoms with Crippen LogP contribution < -0.4 is 5.32 Å². The Morgan fingerprint density at radius 1 is 1.33 bits per heavy atom. The molecule has 0 saturated heterocycles. The molecule has 0 spiro atoms. The highest BCUT2D eigenvalue weighted by Crippen LogP contribution is 2.25. The molecule has 0 amide bonds. The van der Waals surface area contributed by atoms with Gasteiger partial charge in [0.15, 0.2) is 0 Å². The molecule has 1 N–H and O–H groups in total. The number of rotatable bonds is 2. The summed E-state index contributed by atoms with van der Waals surface area (Å²) < 4.78 is 24.6. The van der Waals surface area contributed by atoms with E-state index in [0.717, 1.165) is 5.69 Å². The van der Waals surface area contributed by atoms with Gasteiger partial charge in [-0.25, -0.2) is 8.78 Å². The largest absolute Gasteiger partial charge is 0.388 e. The first-order chi connectivity index (χ1) is 5.65. The maximum Gasteiger partial charge on any atom is 0.264 e. The highest BCUT2D eigenvalue weighted by atomic mass is 19.3. The SMILES string of the molecule is CNc1ccc(C)c(C(F)F)c1. The van der Waals surface area contributed by atoms with Gasteiger partial charge in [0.05, 0.1) is 0 Å². The molecule has 0 fully saturated rings. The number of halogens is 2. The van der Waals surface area contributed by atoms with E-state index in [1.54, 1.807) is 26.1 Å². The summed E-state index contributed by atoms with van der Waals surface area (Å²) in [5.74, 6) is 0. The van der Waals surface area contributed by atoms with Crippen molar-refractivity contribution in [3.8, 4) is 0 Å². The lowest BCUT2D eigenvalue weighted by Gasteiger charge is -2.06. The monoisotopic (exact) mass is 171 g/mol. The molecular formula is C9H11F2N. The molecule has 1 rings (SSSR count). The van der Waals surface area contributed by atoms with Crippen LogP contribution in [0.4, 0.5) is 14.5 Å². The Labute approximate surface area is 70.4 Å². The van der Waals surface area contributed by atoms with Crippen LogP contribution in [-0.2, 0) is 0 Å². The molecule has 0 unspecified atom stereocenters. The van der Waals surface area contributed by atoms with E-state index in [1.165, 1.54) is 6.07 Å². The fourth-order valence-electron chi connectivity index (χ4n) is 1.03. The van der Waals surface area contributed by atoms with Crippen molar-refractivity contribution in [3.05, 3.63) is 29.3 Å². The number of hydrogen-bond acceptors (Lipinski definition) is 1. The van der Waals surface area contributed by atoms with Gasteiger partial charge >= 0.3 is 0 Å². The maximum atomic E-state index is 12.3. The lowest BCUT2D eigenvalue weighted by molar-refractivity contribution is 0.150. The lowest BCUT2D eigenvalue weighted by Crippen LogP contribution is -1.93. The molecular weight excluding hydrogens is 160 g/mol. The van der Waals surface area contributed by atoms with Crippen molar-refractivity contribution in [2.75, 3.05) is 12.4 Å². The van der Waals surface area contributed by atoms with Crippen molar-refractivity contribution >= 4 is 5.69 Å². The number of aryl methyl sites for hydroxylation is 1. The Balaban J connectivity index is 3.08. The van der Waals surface area contributed by atoms with Crippen molar-refractivity contribution in [1.82, 2.24) is 0 Å². The lowest BCUT2D eigenvalue weighted by atomic mass is 10.1. The molecule has 1 aromatic carbocycles. The average molecular weight is 171 g/mol. The summed E-state index contributed by atoms with van der Waals surface area (Å²) in [6.45, 7) is 1.68. The molecule has 66 valence electrons. The van der Waals surface area contributed by atoms with Crippen LogP contribution in [0.1, 0.15) is 17.6 Å². The molecule has 0 heterocycles. The average Bonchev–Trinajstić information content (AvgIpc) is 2.05. The Hall–Kier alpha value is -1.12. The molecule has 0 saturated carbocycles. The molecule has 0 aliphatic carbocycles. The second kappa shape index (κ2) is 3.52. The van der Waals surface area contributed by atoms with Gasteiger partial charge in [-0.2, -0.15) is 0 Å². The van der Waals surface area contributed by atoms with Crippen LogP contribution in [0.2, 0.25) is 0 Å². The van der Waals surface area contributed by atoms with E-state index in [1.807, 2.05) is 0 Å². The fourth-order valence-corrected chi connectivity index (χ4v) is 1.03. The van der Waals surface area contributed by atoms with Crippen molar-refractivity contribution in [3.63, 3.8) is 0 Å². The van der Waals surface area contributed by atoms with E-state index in [2.05, 4.69) is 5.32 Å². The second-order valence-corrected chi connectivity index (χ2v) is 2.62. The summed E-state index contributed by atoms with van der Waals surface area (Å²) in [7, 11) is 1.71. The number of hydrogen-bond donors (Lipinski definition) is 1. The minimum Gasteiger partial charge on any atom is -0.388 e. The number of nitrogens with one attached hydrogen (secondary N) is 1. The molecule has 0 aromatic heterocycles. The Morgan fingerprint density at radius 2 is 2.00 bits per heavy atom. The Morgan fingerprint density at radius 3 is 2.50 bits per heavy atom. The van der Waals surface area contributed by atoms with Gasteiger partial charge in [0.2, 0.25) is 0 Å². The fraction of sp³-hybridized carbons (Fsp3) is 0.333. The van der Waals surface area contributed by atoms with E-state index < -0.39 is 6.43 Å². The third kappa shape index (κ3) is 1.72. The van der Waals surface area contributed by atoms with Crippen LogP contribution in [0.25, 0.3) is 0 Å². The quantitative estimate of drug-likeness (QED) is 0.721. The highest BCUT2D eigenvalue weighted by molar-refractivity contribution is 5.48. The van der Waals surface area contributed by atoms with E-state index in [9.17, 15) is 8.78 Å². The summed E-state index contributed by atoms with van der Waals surface area (Å²) in [6.07, 6.45) is -2.39.